The monoisotopic (exact) mass is 222 g/mol. The molecule has 0 spiro atoms. The molecule has 0 aliphatic carbocycles. The van der Waals surface area contributed by atoms with Gasteiger partial charge >= 0.3 is 0 Å². The molecule has 0 atom stereocenters. The van der Waals surface area contributed by atoms with Crippen LogP contribution in [0.15, 0.2) is 22.7 Å². The van der Waals surface area contributed by atoms with Crippen molar-refractivity contribution in [3.05, 3.63) is 27.7 Å². The van der Waals surface area contributed by atoms with Crippen LogP contribution in [0.4, 0.5) is 5.69 Å². The van der Waals surface area contributed by atoms with Gasteiger partial charge < -0.3 is 5.32 Å². The average Bonchev–Trinajstić information content (AvgIpc) is 1.94. The van der Waals surface area contributed by atoms with Crippen molar-refractivity contribution in [1.82, 2.24) is 0 Å². The smallest absolute Gasteiger partial charge is 0.0568 e. The van der Waals surface area contributed by atoms with Gasteiger partial charge in [-0.2, -0.15) is 0 Å². The fourth-order valence-electron chi connectivity index (χ4n) is 0.574. The Balaban J connectivity index is 2.86. The second-order valence-corrected chi connectivity index (χ2v) is 3.02. The van der Waals surface area contributed by atoms with Crippen molar-refractivity contribution >= 4 is 33.2 Å². The molecular formula is C7H7BrClN. The number of halogens is 2. The van der Waals surface area contributed by atoms with Gasteiger partial charge in [0.15, 0.2) is 0 Å². The van der Waals surface area contributed by atoms with Gasteiger partial charge in [-0.1, -0.05) is 11.6 Å². The van der Waals surface area contributed by atoms with E-state index >= 15 is 0 Å². The summed E-state index contributed by atoms with van der Waals surface area (Å²) in [6.07, 6.45) is 0. The van der Waals surface area contributed by atoms with E-state index < -0.39 is 6.98 Å². The Morgan fingerprint density at radius 2 is 2.50 bits per heavy atom. The second kappa shape index (κ2) is 3.26. The van der Waals surface area contributed by atoms with Crippen LogP contribution in [0.2, 0.25) is 5.02 Å². The number of hydrogen-bond acceptors (Lipinski definition) is 1. The average molecular weight is 224 g/mol. The fourth-order valence-corrected chi connectivity index (χ4v) is 1.00. The minimum Gasteiger partial charge on any atom is -0.388 e. The lowest BCUT2D eigenvalue weighted by molar-refractivity contribution is 1.50. The summed E-state index contributed by atoms with van der Waals surface area (Å²) in [5, 5.41) is 2.82. The molecule has 0 saturated carbocycles. The predicted octanol–water partition coefficient (Wildman–Crippen LogP) is 3.14. The summed E-state index contributed by atoms with van der Waals surface area (Å²) in [7, 11) is 0. The maximum Gasteiger partial charge on any atom is 0.0568 e. The molecule has 0 fully saturated rings. The molecule has 0 heterocycles. The van der Waals surface area contributed by atoms with Crippen LogP contribution in [0.25, 0.3) is 0 Å². The third-order valence-corrected chi connectivity index (χ3v) is 2.30. The molecule has 0 unspecified atom stereocenters. The first kappa shape index (κ1) is 4.62. The lowest BCUT2D eigenvalue weighted by atomic mass is 10.3. The fraction of sp³-hybridized carbons (Fsp3) is 0.143. The van der Waals surface area contributed by atoms with Gasteiger partial charge in [0.2, 0.25) is 0 Å². The van der Waals surface area contributed by atoms with Crippen LogP contribution in [-0.4, -0.2) is 6.98 Å². The van der Waals surface area contributed by atoms with Gasteiger partial charge in [0, 0.05) is 21.2 Å². The first-order valence-electron chi connectivity index (χ1n) is 4.12. The molecular weight excluding hydrogens is 213 g/mol. The summed E-state index contributed by atoms with van der Waals surface area (Å²) >= 11 is 8.98. The highest BCUT2D eigenvalue weighted by atomic mass is 79.9. The van der Waals surface area contributed by atoms with Crippen molar-refractivity contribution in [1.29, 1.82) is 0 Å². The van der Waals surface area contributed by atoms with Gasteiger partial charge in [-0.15, -0.1) is 0 Å². The minimum absolute atomic E-state index is 0.480. The van der Waals surface area contributed by atoms with Crippen molar-refractivity contribution in [2.45, 2.75) is 0 Å². The van der Waals surface area contributed by atoms with Gasteiger partial charge in [0.05, 0.1) is 5.02 Å². The van der Waals surface area contributed by atoms with Gasteiger partial charge in [-0.05, 0) is 34.1 Å². The molecule has 1 aromatic rings. The van der Waals surface area contributed by atoms with Gasteiger partial charge in [0.1, 0.15) is 0 Å². The zero-order valence-electron chi connectivity index (χ0n) is 7.99. The molecule has 0 amide bonds. The van der Waals surface area contributed by atoms with Crippen LogP contribution in [0.3, 0.4) is 0 Å². The van der Waals surface area contributed by atoms with Crippen molar-refractivity contribution in [3.8, 4) is 0 Å². The zero-order valence-corrected chi connectivity index (χ0v) is 7.33. The van der Waals surface area contributed by atoms with Crippen molar-refractivity contribution in [2.75, 3.05) is 12.3 Å². The molecule has 3 heteroatoms. The Kier molecular flexibility index (Phi) is 1.51. The molecule has 0 saturated heterocycles. The summed E-state index contributed by atoms with van der Waals surface area (Å²) < 4.78 is 21.6. The Labute approximate surface area is 77.7 Å². The molecule has 1 rings (SSSR count). The van der Waals surface area contributed by atoms with Crippen LogP contribution < -0.4 is 5.32 Å². The van der Waals surface area contributed by atoms with Gasteiger partial charge in [-0.25, -0.2) is 0 Å². The van der Waals surface area contributed by atoms with E-state index in [9.17, 15) is 0 Å². The second-order valence-electron chi connectivity index (χ2n) is 1.75. The normalized spacial score (nSPS) is 15.2. The quantitative estimate of drug-likeness (QED) is 0.771. The van der Waals surface area contributed by atoms with E-state index in [4.69, 9.17) is 15.7 Å². The van der Waals surface area contributed by atoms with E-state index in [1.54, 1.807) is 18.2 Å². The zero-order chi connectivity index (χ0) is 10.1. The third kappa shape index (κ3) is 1.64. The summed E-state index contributed by atoms with van der Waals surface area (Å²) in [6.45, 7) is -2.18. The van der Waals surface area contributed by atoms with Crippen LogP contribution in [0.5, 0.6) is 0 Å². The number of nitrogens with one attached hydrogen (secondary N) is 1. The third-order valence-electron chi connectivity index (χ3n) is 1.06. The lowest BCUT2D eigenvalue weighted by Crippen LogP contribution is -1.86. The Hall–Kier alpha value is -0.210. The summed E-state index contributed by atoms with van der Waals surface area (Å²) in [4.78, 5) is 0. The van der Waals surface area contributed by atoms with E-state index in [2.05, 4.69) is 21.2 Å². The molecule has 10 heavy (non-hydrogen) atoms. The minimum atomic E-state index is -2.18. The molecule has 0 aromatic heterocycles. The molecule has 54 valence electrons. The van der Waals surface area contributed by atoms with E-state index in [0.29, 0.717) is 10.7 Å². The summed E-state index contributed by atoms with van der Waals surface area (Å²) in [5.41, 5.74) is 0.480. The Morgan fingerprint density at radius 1 is 1.70 bits per heavy atom. The molecule has 0 aliphatic heterocycles. The summed E-state index contributed by atoms with van der Waals surface area (Å²) in [5.74, 6) is 0. The van der Waals surface area contributed by atoms with Crippen molar-refractivity contribution in [2.24, 2.45) is 0 Å². The molecule has 0 bridgehead atoms. The van der Waals surface area contributed by atoms with Crippen LogP contribution >= 0.6 is 27.5 Å². The van der Waals surface area contributed by atoms with Crippen molar-refractivity contribution < 1.29 is 4.11 Å². The molecule has 0 aliphatic rings. The Morgan fingerprint density at radius 3 is 3.10 bits per heavy atom. The van der Waals surface area contributed by atoms with Crippen molar-refractivity contribution in [3.63, 3.8) is 0 Å². The lowest BCUT2D eigenvalue weighted by Gasteiger charge is -2.00. The summed E-state index contributed by atoms with van der Waals surface area (Å²) in [6, 6.07) is 4.89. The molecule has 1 nitrogen and oxygen atoms in total. The standard InChI is InChI=1S/C7H7BrClN/c1-10-5-2-3-6(8)7(9)4-5/h2-4,10H,1H3/i1D3. The van der Waals surface area contributed by atoms with Gasteiger partial charge in [0.25, 0.3) is 0 Å². The SMILES string of the molecule is [2H]C([2H])([2H])Nc1ccc(Br)c(Cl)c1. The van der Waals surface area contributed by atoms with E-state index in [1.807, 2.05) is 0 Å². The Bertz CT molecular complexity index is 313. The van der Waals surface area contributed by atoms with E-state index in [1.165, 1.54) is 0 Å². The largest absolute Gasteiger partial charge is 0.388 e. The van der Waals surface area contributed by atoms with Crippen LogP contribution in [0.1, 0.15) is 4.11 Å². The highest BCUT2D eigenvalue weighted by molar-refractivity contribution is 9.10. The number of anilines is 1. The first-order chi connectivity index (χ1) is 5.88. The van der Waals surface area contributed by atoms with E-state index in [0.717, 1.165) is 4.47 Å². The van der Waals surface area contributed by atoms with Crippen LogP contribution in [0, 0.1) is 0 Å². The van der Waals surface area contributed by atoms with E-state index in [-0.39, 0.29) is 0 Å². The highest BCUT2D eigenvalue weighted by Crippen LogP contribution is 2.24. The van der Waals surface area contributed by atoms with Crippen LogP contribution in [-0.2, 0) is 0 Å². The number of benzene rings is 1. The predicted molar refractivity (Wildman–Crippen MR) is 48.7 cm³/mol. The maximum absolute atomic E-state index is 6.96. The molecule has 1 N–H and O–H groups in total. The first-order valence-corrected chi connectivity index (χ1v) is 3.79. The topological polar surface area (TPSA) is 12.0 Å². The number of hydrogen-bond donors (Lipinski definition) is 1. The van der Waals surface area contributed by atoms with Gasteiger partial charge in [-0.3, -0.25) is 0 Å². The molecule has 0 radical (unpaired) electrons. The highest BCUT2D eigenvalue weighted by Gasteiger charge is 1.95. The number of rotatable bonds is 1. The maximum atomic E-state index is 6.96. The molecule has 1 aromatic carbocycles.